The molecule has 162 valence electrons. The maximum Gasteiger partial charge on any atom is 0.339 e. The highest BCUT2D eigenvalue weighted by atomic mass is 16.5. The van der Waals surface area contributed by atoms with E-state index in [0.29, 0.717) is 29.4 Å². The van der Waals surface area contributed by atoms with E-state index in [9.17, 15) is 19.5 Å². The second kappa shape index (κ2) is 9.75. The van der Waals surface area contributed by atoms with Gasteiger partial charge >= 0.3 is 5.63 Å². The van der Waals surface area contributed by atoms with Crippen molar-refractivity contribution in [1.29, 1.82) is 0 Å². The summed E-state index contributed by atoms with van der Waals surface area (Å²) in [6.07, 6.45) is 4.05. The van der Waals surface area contributed by atoms with Crippen LogP contribution in [-0.2, 0) is 16.0 Å². The van der Waals surface area contributed by atoms with E-state index in [4.69, 9.17) is 13.9 Å². The number of piperidine rings is 1. The fraction of sp³-hybridized carbons (Fsp3) is 0.500. The average molecular weight is 417 g/mol. The first-order chi connectivity index (χ1) is 14.5. The second-order valence-electron chi connectivity index (χ2n) is 7.41. The number of aromatic hydroxyl groups is 1. The number of fused-ring (bicyclic) bond motifs is 1. The number of phenols is 1. The van der Waals surface area contributed by atoms with Crippen molar-refractivity contribution in [3.8, 4) is 11.5 Å². The lowest BCUT2D eigenvalue weighted by Gasteiger charge is -2.26. The van der Waals surface area contributed by atoms with Crippen molar-refractivity contribution in [3.63, 3.8) is 0 Å². The minimum absolute atomic E-state index is 0.00944. The largest absolute Gasteiger partial charge is 0.504 e. The van der Waals surface area contributed by atoms with Gasteiger partial charge in [-0.3, -0.25) is 9.59 Å². The number of rotatable bonds is 8. The average Bonchev–Trinajstić information content (AvgIpc) is 2.75. The molecule has 0 bridgehead atoms. The molecule has 0 aliphatic carbocycles. The van der Waals surface area contributed by atoms with Gasteiger partial charge in [0.2, 0.25) is 5.91 Å². The Labute approximate surface area is 174 Å². The van der Waals surface area contributed by atoms with Crippen LogP contribution in [0.25, 0.3) is 11.0 Å². The molecule has 0 radical (unpaired) electrons. The van der Waals surface area contributed by atoms with Crippen LogP contribution in [0, 0.1) is 6.92 Å². The fourth-order valence-corrected chi connectivity index (χ4v) is 3.79. The zero-order valence-corrected chi connectivity index (χ0v) is 17.4. The zero-order valence-electron chi connectivity index (χ0n) is 17.4. The fourth-order valence-electron chi connectivity index (χ4n) is 3.79. The monoisotopic (exact) mass is 417 g/mol. The summed E-state index contributed by atoms with van der Waals surface area (Å²) in [7, 11) is 1.52. The summed E-state index contributed by atoms with van der Waals surface area (Å²) >= 11 is 0. The van der Waals surface area contributed by atoms with Crippen LogP contribution in [0.2, 0.25) is 0 Å². The van der Waals surface area contributed by atoms with E-state index in [1.165, 1.54) is 7.11 Å². The zero-order chi connectivity index (χ0) is 21.7. The maximum atomic E-state index is 12.6. The predicted molar refractivity (Wildman–Crippen MR) is 110 cm³/mol. The molecule has 1 aromatic carbocycles. The summed E-state index contributed by atoms with van der Waals surface area (Å²) in [6, 6.07) is 1.54. The van der Waals surface area contributed by atoms with Crippen LogP contribution >= 0.6 is 0 Å². The van der Waals surface area contributed by atoms with Crippen molar-refractivity contribution < 1.29 is 28.6 Å². The van der Waals surface area contributed by atoms with Crippen LogP contribution in [-0.4, -0.2) is 55.6 Å². The number of carbonyl (C=O) groups is 2. The number of likely N-dealkylation sites (tertiary alicyclic amines) is 1. The maximum absolute atomic E-state index is 12.6. The molecular formula is C22H27NO7. The Morgan fingerprint density at radius 2 is 2.00 bits per heavy atom. The molecule has 1 amide bonds. The first-order valence-corrected chi connectivity index (χ1v) is 10.1. The van der Waals surface area contributed by atoms with E-state index in [2.05, 4.69) is 0 Å². The number of methoxy groups -OCH3 is 1. The quantitative estimate of drug-likeness (QED) is 0.400. The van der Waals surface area contributed by atoms with Crippen molar-refractivity contribution in [2.75, 3.05) is 33.4 Å². The molecule has 1 N–H and O–H groups in total. The molecular weight excluding hydrogens is 390 g/mol. The van der Waals surface area contributed by atoms with Crippen LogP contribution in [0.1, 0.15) is 47.2 Å². The van der Waals surface area contributed by atoms with Crippen molar-refractivity contribution in [1.82, 2.24) is 4.90 Å². The molecule has 0 saturated carbocycles. The molecule has 1 aliphatic rings. The van der Waals surface area contributed by atoms with Gasteiger partial charge in [-0.05, 0) is 44.2 Å². The van der Waals surface area contributed by atoms with Crippen LogP contribution in [0.3, 0.4) is 0 Å². The summed E-state index contributed by atoms with van der Waals surface area (Å²) < 4.78 is 15.8. The molecule has 2 heterocycles. The summed E-state index contributed by atoms with van der Waals surface area (Å²) in [4.78, 5) is 38.5. The van der Waals surface area contributed by atoms with Gasteiger partial charge in [-0.15, -0.1) is 0 Å². The highest BCUT2D eigenvalue weighted by Gasteiger charge is 2.22. The van der Waals surface area contributed by atoms with E-state index in [0.717, 1.165) is 32.4 Å². The van der Waals surface area contributed by atoms with E-state index < -0.39 is 5.63 Å². The van der Waals surface area contributed by atoms with Gasteiger partial charge in [-0.1, -0.05) is 0 Å². The van der Waals surface area contributed by atoms with Crippen molar-refractivity contribution >= 4 is 23.2 Å². The summed E-state index contributed by atoms with van der Waals surface area (Å²) in [5.41, 5.74) is 0.249. The number of aldehydes is 1. The van der Waals surface area contributed by atoms with Gasteiger partial charge in [0.15, 0.2) is 23.4 Å². The summed E-state index contributed by atoms with van der Waals surface area (Å²) in [5, 5.41) is 10.8. The smallest absolute Gasteiger partial charge is 0.339 e. The Hall–Kier alpha value is -2.87. The summed E-state index contributed by atoms with van der Waals surface area (Å²) in [6.45, 7) is 3.74. The number of nitrogens with zero attached hydrogens (tertiary/aromatic N) is 1. The number of carbonyl (C=O) groups excluding carboxylic acids is 2. The molecule has 1 aromatic heterocycles. The minimum Gasteiger partial charge on any atom is -0.504 e. The molecule has 0 atom stereocenters. The van der Waals surface area contributed by atoms with Gasteiger partial charge in [-0.2, -0.15) is 0 Å². The number of aryl methyl sites for hydroxylation is 1. The summed E-state index contributed by atoms with van der Waals surface area (Å²) in [5.74, 6) is -0.255. The predicted octanol–water partition coefficient (Wildman–Crippen LogP) is 2.59. The van der Waals surface area contributed by atoms with Crippen molar-refractivity contribution in [3.05, 3.63) is 33.2 Å². The number of ether oxygens (including phenoxy) is 2. The molecule has 0 unspecified atom stereocenters. The number of hydrogen-bond donors (Lipinski definition) is 1. The van der Waals surface area contributed by atoms with Gasteiger partial charge in [0.25, 0.3) is 0 Å². The number of phenolic OH excluding ortho intramolecular Hbond substituents is 1. The van der Waals surface area contributed by atoms with Crippen molar-refractivity contribution in [2.24, 2.45) is 0 Å². The Morgan fingerprint density at radius 3 is 2.67 bits per heavy atom. The number of amides is 1. The lowest BCUT2D eigenvalue weighted by Crippen LogP contribution is -2.35. The van der Waals surface area contributed by atoms with Gasteiger partial charge in [0.1, 0.15) is 12.2 Å². The van der Waals surface area contributed by atoms with Crippen molar-refractivity contribution in [2.45, 2.75) is 39.0 Å². The normalized spacial score (nSPS) is 14.1. The first kappa shape index (κ1) is 21.8. The Kier molecular flexibility index (Phi) is 7.10. The Morgan fingerprint density at radius 1 is 1.27 bits per heavy atom. The van der Waals surface area contributed by atoms with Gasteiger partial charge in [0, 0.05) is 37.6 Å². The molecule has 3 rings (SSSR count). The molecule has 1 saturated heterocycles. The lowest BCUT2D eigenvalue weighted by atomic mass is 9.99. The Bertz CT molecular complexity index is 989. The molecule has 8 heteroatoms. The lowest BCUT2D eigenvalue weighted by molar-refractivity contribution is -0.132. The molecule has 8 nitrogen and oxygen atoms in total. The SMILES string of the molecule is COCCOc1cc2c(C)c(CCC(=O)N3CCCCC3)c(=O)oc2c(C=O)c1O. The van der Waals surface area contributed by atoms with Gasteiger partial charge in [0.05, 0.1) is 6.61 Å². The van der Waals surface area contributed by atoms with Gasteiger partial charge in [-0.25, -0.2) is 4.79 Å². The van der Waals surface area contributed by atoms with Crippen LogP contribution in [0.5, 0.6) is 11.5 Å². The van der Waals surface area contributed by atoms with E-state index in [-0.39, 0.29) is 48.0 Å². The molecule has 1 fully saturated rings. The van der Waals surface area contributed by atoms with E-state index >= 15 is 0 Å². The highest BCUT2D eigenvalue weighted by molar-refractivity contribution is 6.00. The molecule has 0 spiro atoms. The third-order valence-electron chi connectivity index (χ3n) is 5.51. The highest BCUT2D eigenvalue weighted by Crippen LogP contribution is 2.37. The molecule has 30 heavy (non-hydrogen) atoms. The second-order valence-corrected chi connectivity index (χ2v) is 7.41. The number of hydrogen-bond acceptors (Lipinski definition) is 7. The van der Waals surface area contributed by atoms with Crippen LogP contribution < -0.4 is 10.4 Å². The van der Waals surface area contributed by atoms with Gasteiger partial charge < -0.3 is 23.9 Å². The minimum atomic E-state index is -0.609. The Balaban J connectivity index is 1.93. The topological polar surface area (TPSA) is 106 Å². The third kappa shape index (κ3) is 4.48. The molecule has 1 aliphatic heterocycles. The van der Waals surface area contributed by atoms with E-state index in [1.807, 2.05) is 4.90 Å². The standard InChI is InChI=1S/C22H27NO7/c1-14-15(6-7-19(25)23-8-4-3-5-9-23)22(27)30-21-16(14)12-18(29-11-10-28-2)20(26)17(21)13-24/h12-13,26H,3-11H2,1-2H3. The number of benzene rings is 1. The first-order valence-electron chi connectivity index (χ1n) is 10.1. The van der Waals surface area contributed by atoms with Crippen LogP contribution in [0.15, 0.2) is 15.3 Å². The van der Waals surface area contributed by atoms with Crippen LogP contribution in [0.4, 0.5) is 0 Å². The van der Waals surface area contributed by atoms with E-state index in [1.54, 1.807) is 13.0 Å². The third-order valence-corrected chi connectivity index (χ3v) is 5.51. The molecule has 2 aromatic rings.